The molecule has 146 valence electrons. The predicted molar refractivity (Wildman–Crippen MR) is 104 cm³/mol. The average molecular weight is 391 g/mol. The maximum Gasteiger partial charge on any atom is 0.317 e. The summed E-state index contributed by atoms with van der Waals surface area (Å²) in [7, 11) is -2.04. The monoisotopic (exact) mass is 391 g/mol. The number of nitrogens with one attached hydrogen (secondary N) is 1. The van der Waals surface area contributed by atoms with E-state index in [0.29, 0.717) is 13.2 Å². The van der Waals surface area contributed by atoms with Crippen molar-refractivity contribution in [3.63, 3.8) is 0 Å². The molecule has 0 spiro atoms. The third-order valence-electron chi connectivity index (χ3n) is 4.11. The molecular weight excluding hydrogens is 366 g/mol. The first-order valence-electron chi connectivity index (χ1n) is 8.50. The van der Waals surface area contributed by atoms with Crippen molar-refractivity contribution >= 4 is 16.1 Å². The van der Waals surface area contributed by atoms with E-state index in [1.807, 2.05) is 38.1 Å². The Kier molecular flexibility index (Phi) is 6.81. The van der Waals surface area contributed by atoms with Gasteiger partial charge in [-0.15, -0.1) is 0 Å². The Morgan fingerprint density at radius 1 is 1.15 bits per heavy atom. The number of sulfonamides is 1. The summed E-state index contributed by atoms with van der Waals surface area (Å²) in [5.74, 6) is 0.762. The molecule has 0 aliphatic carbocycles. The zero-order valence-electron chi connectivity index (χ0n) is 15.7. The number of rotatable bonds is 7. The fourth-order valence-corrected chi connectivity index (χ4v) is 2.88. The summed E-state index contributed by atoms with van der Waals surface area (Å²) in [6.45, 7) is 4.63. The van der Waals surface area contributed by atoms with Crippen molar-refractivity contribution in [3.05, 3.63) is 59.7 Å². The van der Waals surface area contributed by atoms with Gasteiger partial charge in [-0.2, -0.15) is 0 Å². The van der Waals surface area contributed by atoms with Crippen molar-refractivity contribution in [1.82, 2.24) is 10.2 Å². The number of carbonyl (C=O) groups excluding carboxylic acids is 1. The van der Waals surface area contributed by atoms with E-state index >= 15 is 0 Å². The molecule has 2 amide bonds. The van der Waals surface area contributed by atoms with E-state index in [1.54, 1.807) is 19.2 Å². The number of ether oxygens (including phenoxy) is 1. The molecule has 8 heteroatoms. The quantitative estimate of drug-likeness (QED) is 0.757. The normalized spacial score (nSPS) is 12.3. The molecule has 0 unspecified atom stereocenters. The van der Waals surface area contributed by atoms with Crippen molar-refractivity contribution in [2.45, 2.75) is 24.8 Å². The highest BCUT2D eigenvalue weighted by Gasteiger charge is 2.14. The molecule has 0 aliphatic rings. The molecule has 2 aromatic carbocycles. The molecular formula is C19H25N3O4S. The number of likely N-dealkylation sites (N-methyl/N-ethyl adjacent to an activating group) is 1. The summed E-state index contributed by atoms with van der Waals surface area (Å²) in [5.41, 5.74) is 1.94. The zero-order chi connectivity index (χ0) is 20.0. The van der Waals surface area contributed by atoms with E-state index in [9.17, 15) is 13.2 Å². The van der Waals surface area contributed by atoms with E-state index in [2.05, 4.69) is 5.32 Å². The maximum atomic E-state index is 12.3. The lowest BCUT2D eigenvalue weighted by Crippen LogP contribution is -2.40. The van der Waals surface area contributed by atoms with E-state index in [1.165, 1.54) is 17.0 Å². The molecule has 0 bridgehead atoms. The average Bonchev–Trinajstić information content (AvgIpc) is 2.62. The van der Waals surface area contributed by atoms with E-state index < -0.39 is 10.0 Å². The van der Waals surface area contributed by atoms with Gasteiger partial charge in [-0.1, -0.05) is 29.8 Å². The summed E-state index contributed by atoms with van der Waals surface area (Å²) in [6, 6.07) is 13.3. The number of nitrogens with zero attached hydrogens (tertiary/aromatic N) is 1. The van der Waals surface area contributed by atoms with Crippen molar-refractivity contribution in [3.8, 4) is 5.75 Å². The highest BCUT2D eigenvalue weighted by Crippen LogP contribution is 2.16. The Morgan fingerprint density at radius 2 is 1.74 bits per heavy atom. The Bertz CT molecular complexity index is 865. The van der Waals surface area contributed by atoms with Crippen LogP contribution in [0.5, 0.6) is 5.75 Å². The van der Waals surface area contributed by atoms with Crippen LogP contribution in [-0.4, -0.2) is 39.5 Å². The number of benzene rings is 2. The fraction of sp³-hybridized carbons (Fsp3) is 0.316. The molecule has 0 saturated heterocycles. The molecule has 7 nitrogen and oxygen atoms in total. The lowest BCUT2D eigenvalue weighted by molar-refractivity contribution is 0.192. The minimum absolute atomic E-state index is 0.0372. The van der Waals surface area contributed by atoms with Gasteiger partial charge in [-0.05, 0) is 43.7 Å². The largest absolute Gasteiger partial charge is 0.492 e. The summed E-state index contributed by atoms with van der Waals surface area (Å²) < 4.78 is 28.2. The maximum absolute atomic E-state index is 12.3. The van der Waals surface area contributed by atoms with Gasteiger partial charge in [0.2, 0.25) is 10.0 Å². The number of hydrogen-bond donors (Lipinski definition) is 2. The number of amides is 2. The second-order valence-electron chi connectivity index (χ2n) is 6.37. The van der Waals surface area contributed by atoms with Crippen LogP contribution < -0.4 is 15.2 Å². The van der Waals surface area contributed by atoms with Gasteiger partial charge in [0, 0.05) is 7.05 Å². The predicted octanol–water partition coefficient (Wildman–Crippen LogP) is 2.42. The van der Waals surface area contributed by atoms with E-state index in [4.69, 9.17) is 9.88 Å². The van der Waals surface area contributed by atoms with Crippen molar-refractivity contribution in [1.29, 1.82) is 0 Å². The standard InChI is InChI=1S/C19H25N3O4S/c1-14-4-8-17(9-5-14)26-13-12-22(3)19(23)21-15(2)16-6-10-18(11-7-16)27(20,24)25/h4-11,15H,12-13H2,1-3H3,(H,21,23)(H2,20,24,25)/t15-/m0/s1. The summed E-state index contributed by atoms with van der Waals surface area (Å²) >= 11 is 0. The molecule has 2 rings (SSSR count). The lowest BCUT2D eigenvalue weighted by atomic mass is 10.1. The SMILES string of the molecule is Cc1ccc(OCCN(C)C(=O)N[C@@H](C)c2ccc(S(N)(=O)=O)cc2)cc1. The van der Waals surface area contributed by atoms with Gasteiger partial charge in [-0.3, -0.25) is 0 Å². The third-order valence-corrected chi connectivity index (χ3v) is 5.04. The van der Waals surface area contributed by atoms with E-state index in [0.717, 1.165) is 16.9 Å². The highest BCUT2D eigenvalue weighted by molar-refractivity contribution is 7.89. The van der Waals surface area contributed by atoms with Crippen LogP contribution in [0.3, 0.4) is 0 Å². The smallest absolute Gasteiger partial charge is 0.317 e. The first-order chi connectivity index (χ1) is 12.7. The summed E-state index contributed by atoms with van der Waals surface area (Å²) in [6.07, 6.45) is 0. The molecule has 27 heavy (non-hydrogen) atoms. The molecule has 3 N–H and O–H groups in total. The van der Waals surface area contributed by atoms with Crippen LogP contribution in [0.15, 0.2) is 53.4 Å². The van der Waals surface area contributed by atoms with Gasteiger partial charge in [-0.25, -0.2) is 18.4 Å². The Labute approximate surface area is 160 Å². The number of urea groups is 1. The third kappa shape index (κ3) is 6.26. The lowest BCUT2D eigenvalue weighted by Gasteiger charge is -2.22. The van der Waals surface area contributed by atoms with Gasteiger partial charge in [0.15, 0.2) is 0 Å². The Balaban J connectivity index is 1.83. The second-order valence-corrected chi connectivity index (χ2v) is 7.93. The van der Waals surface area contributed by atoms with Crippen molar-refractivity contribution < 1.29 is 17.9 Å². The number of hydrogen-bond acceptors (Lipinski definition) is 4. The first kappa shape index (κ1) is 20.7. The molecule has 1 atom stereocenters. The number of nitrogens with two attached hydrogens (primary N) is 1. The van der Waals surface area contributed by atoms with Crippen LogP contribution in [0.25, 0.3) is 0 Å². The van der Waals surface area contributed by atoms with E-state index in [-0.39, 0.29) is 17.0 Å². The van der Waals surface area contributed by atoms with Crippen LogP contribution in [0, 0.1) is 6.92 Å². The molecule has 2 aromatic rings. The Morgan fingerprint density at radius 3 is 2.30 bits per heavy atom. The van der Waals surface area contributed by atoms with Gasteiger partial charge in [0.05, 0.1) is 17.5 Å². The molecule has 0 saturated carbocycles. The molecule has 0 heterocycles. The van der Waals surface area contributed by atoms with Gasteiger partial charge in [0.1, 0.15) is 12.4 Å². The minimum Gasteiger partial charge on any atom is -0.492 e. The second kappa shape index (κ2) is 8.88. The number of aryl methyl sites for hydroxylation is 1. The van der Waals surface area contributed by atoms with Crippen LogP contribution in [-0.2, 0) is 10.0 Å². The minimum atomic E-state index is -3.73. The molecule has 0 radical (unpaired) electrons. The van der Waals surface area contributed by atoms with Crippen molar-refractivity contribution in [2.75, 3.05) is 20.2 Å². The van der Waals surface area contributed by atoms with Crippen LogP contribution in [0.4, 0.5) is 4.79 Å². The zero-order valence-corrected chi connectivity index (χ0v) is 16.5. The van der Waals surface area contributed by atoms with Gasteiger partial charge < -0.3 is 15.0 Å². The Hall–Kier alpha value is -2.58. The van der Waals surface area contributed by atoms with Gasteiger partial charge >= 0.3 is 6.03 Å². The fourth-order valence-electron chi connectivity index (χ4n) is 2.36. The molecule has 0 aliphatic heterocycles. The molecule has 0 aromatic heterocycles. The first-order valence-corrected chi connectivity index (χ1v) is 10.1. The number of primary sulfonamides is 1. The highest BCUT2D eigenvalue weighted by atomic mass is 32.2. The topological polar surface area (TPSA) is 102 Å². The summed E-state index contributed by atoms with van der Waals surface area (Å²) in [5, 5.41) is 7.94. The van der Waals surface area contributed by atoms with Crippen LogP contribution >= 0.6 is 0 Å². The van der Waals surface area contributed by atoms with Crippen molar-refractivity contribution in [2.24, 2.45) is 5.14 Å². The van der Waals surface area contributed by atoms with Gasteiger partial charge in [0.25, 0.3) is 0 Å². The molecule has 0 fully saturated rings. The number of carbonyl (C=O) groups is 1. The van der Waals surface area contributed by atoms with Crippen LogP contribution in [0.2, 0.25) is 0 Å². The van der Waals surface area contributed by atoms with Crippen LogP contribution in [0.1, 0.15) is 24.1 Å². The summed E-state index contributed by atoms with van der Waals surface area (Å²) in [4.78, 5) is 13.9.